The zero-order valence-electron chi connectivity index (χ0n) is 9.38. The fourth-order valence-corrected chi connectivity index (χ4v) is 1.85. The predicted molar refractivity (Wildman–Crippen MR) is 66.9 cm³/mol. The smallest absolute Gasteiger partial charge is 0.265 e. The summed E-state index contributed by atoms with van der Waals surface area (Å²) in [6.07, 6.45) is 3.18. The van der Waals surface area contributed by atoms with Gasteiger partial charge in [-0.2, -0.15) is 0 Å². The molecule has 0 aliphatic heterocycles. The quantitative estimate of drug-likeness (QED) is 0.655. The average molecular weight is 240 g/mol. The maximum Gasteiger partial charge on any atom is 0.265 e. The topological polar surface area (TPSA) is 34.4 Å². The first-order valence-electron chi connectivity index (χ1n) is 5.48. The molecule has 0 fully saturated rings. The lowest BCUT2D eigenvalue weighted by atomic mass is 10.1. The lowest BCUT2D eigenvalue weighted by Crippen LogP contribution is -2.16. The minimum Gasteiger partial charge on any atom is -0.268 e. The molecular formula is C14H9FN2O. The van der Waals surface area contributed by atoms with Crippen molar-refractivity contribution in [2.75, 3.05) is 0 Å². The van der Waals surface area contributed by atoms with E-state index in [1.54, 1.807) is 30.5 Å². The van der Waals surface area contributed by atoms with Gasteiger partial charge >= 0.3 is 0 Å². The van der Waals surface area contributed by atoms with Gasteiger partial charge in [0.2, 0.25) is 0 Å². The number of nitrogens with zero attached hydrogens (tertiary/aromatic N) is 2. The van der Waals surface area contributed by atoms with E-state index in [4.69, 9.17) is 0 Å². The molecule has 0 radical (unpaired) electrons. The SMILES string of the molecule is O=c1c(-c2ccc(F)cc2)cnc2ccccn12. The van der Waals surface area contributed by atoms with Crippen LogP contribution in [-0.2, 0) is 0 Å². The second kappa shape index (κ2) is 4.07. The van der Waals surface area contributed by atoms with E-state index in [9.17, 15) is 9.18 Å². The normalized spacial score (nSPS) is 10.7. The Morgan fingerprint density at radius 3 is 2.61 bits per heavy atom. The molecule has 0 N–H and O–H groups in total. The molecule has 88 valence electrons. The maximum atomic E-state index is 12.9. The van der Waals surface area contributed by atoms with Crippen molar-refractivity contribution in [1.29, 1.82) is 0 Å². The van der Waals surface area contributed by atoms with Crippen molar-refractivity contribution in [1.82, 2.24) is 9.38 Å². The Morgan fingerprint density at radius 2 is 1.83 bits per heavy atom. The largest absolute Gasteiger partial charge is 0.268 e. The molecule has 0 amide bonds. The molecule has 0 spiro atoms. The van der Waals surface area contributed by atoms with Gasteiger partial charge < -0.3 is 0 Å². The number of fused-ring (bicyclic) bond motifs is 1. The number of benzene rings is 1. The summed E-state index contributed by atoms with van der Waals surface area (Å²) in [7, 11) is 0. The average Bonchev–Trinajstić information content (AvgIpc) is 2.41. The number of aromatic nitrogens is 2. The van der Waals surface area contributed by atoms with Gasteiger partial charge in [-0.25, -0.2) is 9.37 Å². The van der Waals surface area contributed by atoms with Crippen molar-refractivity contribution in [2.45, 2.75) is 0 Å². The van der Waals surface area contributed by atoms with E-state index in [0.29, 0.717) is 16.8 Å². The van der Waals surface area contributed by atoms with E-state index in [2.05, 4.69) is 4.98 Å². The van der Waals surface area contributed by atoms with Gasteiger partial charge in [-0.15, -0.1) is 0 Å². The summed E-state index contributed by atoms with van der Waals surface area (Å²) in [4.78, 5) is 16.5. The van der Waals surface area contributed by atoms with E-state index in [-0.39, 0.29) is 11.4 Å². The first-order chi connectivity index (χ1) is 8.75. The van der Waals surface area contributed by atoms with E-state index in [1.165, 1.54) is 22.7 Å². The van der Waals surface area contributed by atoms with Crippen LogP contribution < -0.4 is 5.56 Å². The first-order valence-corrected chi connectivity index (χ1v) is 5.48. The fraction of sp³-hybridized carbons (Fsp3) is 0. The molecule has 1 aromatic carbocycles. The highest BCUT2D eigenvalue weighted by atomic mass is 19.1. The van der Waals surface area contributed by atoms with Crippen LogP contribution in [0.15, 0.2) is 59.7 Å². The van der Waals surface area contributed by atoms with Gasteiger partial charge in [-0.1, -0.05) is 18.2 Å². The number of pyridine rings is 1. The summed E-state index contributed by atoms with van der Waals surface area (Å²) in [5.74, 6) is -0.326. The number of rotatable bonds is 1. The maximum absolute atomic E-state index is 12.9. The molecular weight excluding hydrogens is 231 g/mol. The molecule has 0 atom stereocenters. The third-order valence-corrected chi connectivity index (χ3v) is 2.77. The van der Waals surface area contributed by atoms with Gasteiger partial charge in [0, 0.05) is 12.4 Å². The van der Waals surface area contributed by atoms with Crippen LogP contribution >= 0.6 is 0 Å². The van der Waals surface area contributed by atoms with Gasteiger partial charge in [0.25, 0.3) is 5.56 Å². The van der Waals surface area contributed by atoms with E-state index in [0.717, 1.165) is 0 Å². The van der Waals surface area contributed by atoms with E-state index < -0.39 is 0 Å². The summed E-state index contributed by atoms with van der Waals surface area (Å²) < 4.78 is 14.3. The van der Waals surface area contributed by atoms with Crippen LogP contribution in [0.25, 0.3) is 16.8 Å². The van der Waals surface area contributed by atoms with Crippen molar-refractivity contribution in [3.8, 4) is 11.1 Å². The molecule has 3 nitrogen and oxygen atoms in total. The van der Waals surface area contributed by atoms with E-state index in [1.807, 2.05) is 6.07 Å². The molecule has 0 aliphatic carbocycles. The minimum atomic E-state index is -0.326. The highest BCUT2D eigenvalue weighted by Gasteiger charge is 2.06. The Morgan fingerprint density at radius 1 is 1.06 bits per heavy atom. The fourth-order valence-electron chi connectivity index (χ4n) is 1.85. The van der Waals surface area contributed by atoms with Gasteiger partial charge in [0.15, 0.2) is 0 Å². The van der Waals surface area contributed by atoms with Gasteiger partial charge in [-0.05, 0) is 29.8 Å². The van der Waals surface area contributed by atoms with Crippen molar-refractivity contribution < 1.29 is 4.39 Å². The van der Waals surface area contributed by atoms with E-state index >= 15 is 0 Å². The lowest BCUT2D eigenvalue weighted by molar-refractivity contribution is 0.628. The summed E-state index contributed by atoms with van der Waals surface area (Å²) >= 11 is 0. The van der Waals surface area contributed by atoms with Gasteiger partial charge in [0.1, 0.15) is 11.5 Å². The first kappa shape index (κ1) is 10.7. The molecule has 3 aromatic rings. The Labute approximate surface area is 102 Å². The summed E-state index contributed by atoms with van der Waals surface area (Å²) in [5, 5.41) is 0. The zero-order chi connectivity index (χ0) is 12.5. The lowest BCUT2D eigenvalue weighted by Gasteiger charge is -2.03. The highest BCUT2D eigenvalue weighted by molar-refractivity contribution is 5.62. The highest BCUT2D eigenvalue weighted by Crippen LogP contribution is 2.15. The zero-order valence-corrected chi connectivity index (χ0v) is 9.38. The van der Waals surface area contributed by atoms with Crippen LogP contribution in [-0.4, -0.2) is 9.38 Å². The molecule has 0 saturated heterocycles. The van der Waals surface area contributed by atoms with Crippen LogP contribution in [0.2, 0.25) is 0 Å². The van der Waals surface area contributed by atoms with Crippen molar-refractivity contribution in [3.05, 3.63) is 71.0 Å². The van der Waals surface area contributed by atoms with Gasteiger partial charge in [-0.3, -0.25) is 9.20 Å². The standard InChI is InChI=1S/C14H9FN2O/c15-11-6-4-10(5-7-11)12-9-16-13-3-1-2-8-17(13)14(12)18/h1-9H. The third-order valence-electron chi connectivity index (χ3n) is 2.77. The van der Waals surface area contributed by atoms with Crippen molar-refractivity contribution in [2.24, 2.45) is 0 Å². The third kappa shape index (κ3) is 1.68. The molecule has 3 rings (SSSR count). The van der Waals surface area contributed by atoms with Gasteiger partial charge in [0.05, 0.1) is 5.56 Å². The number of hydrogen-bond acceptors (Lipinski definition) is 2. The molecule has 2 heterocycles. The summed E-state index contributed by atoms with van der Waals surface area (Å²) in [6, 6.07) is 11.1. The molecule has 18 heavy (non-hydrogen) atoms. The Bertz CT molecular complexity index is 763. The Kier molecular flexibility index (Phi) is 2.41. The van der Waals surface area contributed by atoms with Crippen LogP contribution in [0.3, 0.4) is 0 Å². The summed E-state index contributed by atoms with van der Waals surface area (Å²) in [5.41, 5.74) is 1.55. The minimum absolute atomic E-state index is 0.160. The van der Waals surface area contributed by atoms with Crippen molar-refractivity contribution >= 4 is 5.65 Å². The Balaban J connectivity index is 2.27. The second-order valence-corrected chi connectivity index (χ2v) is 3.91. The molecule has 2 aromatic heterocycles. The van der Waals surface area contributed by atoms with Crippen molar-refractivity contribution in [3.63, 3.8) is 0 Å². The molecule has 0 aliphatic rings. The molecule has 0 saturated carbocycles. The predicted octanol–water partition coefficient (Wildman–Crippen LogP) is 2.50. The monoisotopic (exact) mass is 240 g/mol. The van der Waals surface area contributed by atoms with Crippen LogP contribution in [0.5, 0.6) is 0 Å². The van der Waals surface area contributed by atoms with Crippen LogP contribution in [0.4, 0.5) is 4.39 Å². The summed E-state index contributed by atoms with van der Waals surface area (Å²) in [6.45, 7) is 0. The second-order valence-electron chi connectivity index (χ2n) is 3.91. The number of halogens is 1. The van der Waals surface area contributed by atoms with Crippen LogP contribution in [0, 0.1) is 5.82 Å². The number of hydrogen-bond donors (Lipinski definition) is 0. The molecule has 0 bridgehead atoms. The molecule has 4 heteroatoms. The Hall–Kier alpha value is -2.49. The van der Waals surface area contributed by atoms with Crippen LogP contribution in [0.1, 0.15) is 0 Å². The molecule has 0 unspecified atom stereocenters.